The van der Waals surface area contributed by atoms with Crippen molar-refractivity contribution in [2.75, 3.05) is 6.61 Å². The van der Waals surface area contributed by atoms with Crippen molar-refractivity contribution in [1.29, 1.82) is 0 Å². The molecule has 1 aliphatic carbocycles. The lowest BCUT2D eigenvalue weighted by molar-refractivity contribution is -0.137. The highest BCUT2D eigenvalue weighted by atomic mass is 16.5. The monoisotopic (exact) mass is 228 g/mol. The summed E-state index contributed by atoms with van der Waals surface area (Å²) in [7, 11) is 0. The normalized spacial score (nSPS) is 25.6. The van der Waals surface area contributed by atoms with Gasteiger partial charge in [0.25, 0.3) is 0 Å². The molecule has 0 aromatic heterocycles. The molecule has 1 saturated carbocycles. The van der Waals surface area contributed by atoms with Gasteiger partial charge in [-0.25, -0.2) is 0 Å². The molecule has 3 heteroatoms. The van der Waals surface area contributed by atoms with Gasteiger partial charge in [0.15, 0.2) is 0 Å². The van der Waals surface area contributed by atoms with Gasteiger partial charge in [-0.1, -0.05) is 26.2 Å². The van der Waals surface area contributed by atoms with Crippen molar-refractivity contribution in [2.24, 2.45) is 5.92 Å². The lowest BCUT2D eigenvalue weighted by Crippen LogP contribution is -2.23. The summed E-state index contributed by atoms with van der Waals surface area (Å²) in [4.78, 5) is 10.3. The van der Waals surface area contributed by atoms with E-state index in [-0.39, 0.29) is 6.42 Å². The average molecular weight is 228 g/mol. The van der Waals surface area contributed by atoms with E-state index in [0.29, 0.717) is 6.10 Å². The largest absolute Gasteiger partial charge is 0.481 e. The molecule has 0 aromatic rings. The minimum Gasteiger partial charge on any atom is -0.481 e. The Morgan fingerprint density at radius 1 is 1.38 bits per heavy atom. The van der Waals surface area contributed by atoms with Crippen LogP contribution in [0.1, 0.15) is 58.3 Å². The zero-order valence-corrected chi connectivity index (χ0v) is 10.3. The molecule has 0 heterocycles. The number of aliphatic carboxylic acids is 1. The van der Waals surface area contributed by atoms with Crippen molar-refractivity contribution in [3.05, 3.63) is 0 Å². The summed E-state index contributed by atoms with van der Waals surface area (Å²) < 4.78 is 5.80. The first kappa shape index (κ1) is 13.5. The van der Waals surface area contributed by atoms with Gasteiger partial charge in [0, 0.05) is 13.0 Å². The van der Waals surface area contributed by atoms with Gasteiger partial charge >= 0.3 is 5.97 Å². The highest BCUT2D eigenvalue weighted by molar-refractivity contribution is 5.66. The third-order valence-electron chi connectivity index (χ3n) is 3.45. The van der Waals surface area contributed by atoms with Crippen molar-refractivity contribution in [3.63, 3.8) is 0 Å². The van der Waals surface area contributed by atoms with E-state index in [4.69, 9.17) is 9.84 Å². The number of carbonyl (C=O) groups is 1. The van der Waals surface area contributed by atoms with Crippen molar-refractivity contribution in [1.82, 2.24) is 0 Å². The molecule has 0 aliphatic heterocycles. The van der Waals surface area contributed by atoms with Gasteiger partial charge in [0.1, 0.15) is 0 Å². The summed E-state index contributed by atoms with van der Waals surface area (Å²) in [5.41, 5.74) is 0. The first-order valence-electron chi connectivity index (χ1n) is 6.55. The van der Waals surface area contributed by atoms with Crippen molar-refractivity contribution >= 4 is 5.97 Å². The minimum absolute atomic E-state index is 0.269. The molecular weight excluding hydrogens is 204 g/mol. The van der Waals surface area contributed by atoms with Crippen LogP contribution in [0.3, 0.4) is 0 Å². The molecule has 94 valence electrons. The zero-order chi connectivity index (χ0) is 11.8. The van der Waals surface area contributed by atoms with Gasteiger partial charge in [-0.3, -0.25) is 4.79 Å². The van der Waals surface area contributed by atoms with E-state index in [2.05, 4.69) is 6.92 Å². The molecule has 1 aliphatic rings. The Balaban J connectivity index is 2.01. The molecule has 3 nitrogen and oxygen atoms in total. The lowest BCUT2D eigenvalue weighted by Gasteiger charge is -2.28. The fourth-order valence-electron chi connectivity index (χ4n) is 2.39. The molecule has 1 N–H and O–H groups in total. The van der Waals surface area contributed by atoms with Crippen LogP contribution in [0.2, 0.25) is 0 Å². The molecule has 0 radical (unpaired) electrons. The van der Waals surface area contributed by atoms with Crippen LogP contribution in [0.15, 0.2) is 0 Å². The molecule has 1 fully saturated rings. The van der Waals surface area contributed by atoms with E-state index in [1.165, 1.54) is 32.1 Å². The molecule has 0 amide bonds. The van der Waals surface area contributed by atoms with Crippen LogP contribution in [0.5, 0.6) is 0 Å². The maximum atomic E-state index is 10.3. The standard InChI is InChI=1S/C13H24O3/c1-2-11-6-5-7-12(10-11)16-9-4-3-8-13(14)15/h11-12H,2-10H2,1H3,(H,14,15). The van der Waals surface area contributed by atoms with Gasteiger partial charge < -0.3 is 9.84 Å². The number of unbranched alkanes of at least 4 members (excludes halogenated alkanes) is 1. The number of ether oxygens (including phenoxy) is 1. The predicted octanol–water partition coefficient (Wildman–Crippen LogP) is 3.23. The predicted molar refractivity (Wildman–Crippen MR) is 63.5 cm³/mol. The van der Waals surface area contributed by atoms with Crippen LogP contribution >= 0.6 is 0 Å². The number of rotatable bonds is 7. The molecule has 0 saturated heterocycles. The summed E-state index contributed by atoms with van der Waals surface area (Å²) in [6.07, 6.45) is 8.62. The molecule has 2 unspecified atom stereocenters. The first-order valence-corrected chi connectivity index (χ1v) is 6.55. The van der Waals surface area contributed by atoms with Crippen molar-refractivity contribution < 1.29 is 14.6 Å². The molecule has 1 rings (SSSR count). The third-order valence-corrected chi connectivity index (χ3v) is 3.45. The number of carboxylic acid groups (broad SMARTS) is 1. The fraction of sp³-hybridized carbons (Fsp3) is 0.923. The van der Waals surface area contributed by atoms with Crippen LogP contribution in [-0.2, 0) is 9.53 Å². The Morgan fingerprint density at radius 3 is 2.88 bits per heavy atom. The SMILES string of the molecule is CCC1CCCC(OCCCCC(=O)O)C1. The second-order valence-electron chi connectivity index (χ2n) is 4.78. The van der Waals surface area contributed by atoms with Crippen LogP contribution in [0.4, 0.5) is 0 Å². The van der Waals surface area contributed by atoms with E-state index in [9.17, 15) is 4.79 Å². The highest BCUT2D eigenvalue weighted by Gasteiger charge is 2.20. The second kappa shape index (κ2) is 7.66. The number of hydrogen-bond acceptors (Lipinski definition) is 2. The van der Waals surface area contributed by atoms with Crippen molar-refractivity contribution in [3.8, 4) is 0 Å². The smallest absolute Gasteiger partial charge is 0.303 e. The molecular formula is C13H24O3. The van der Waals surface area contributed by atoms with E-state index < -0.39 is 5.97 Å². The highest BCUT2D eigenvalue weighted by Crippen LogP contribution is 2.28. The van der Waals surface area contributed by atoms with Crippen LogP contribution in [-0.4, -0.2) is 23.8 Å². The molecule has 16 heavy (non-hydrogen) atoms. The Labute approximate surface area is 98.2 Å². The Bertz CT molecular complexity index is 203. The zero-order valence-electron chi connectivity index (χ0n) is 10.3. The summed E-state index contributed by atoms with van der Waals surface area (Å²) >= 11 is 0. The molecule has 0 spiro atoms. The third kappa shape index (κ3) is 5.50. The van der Waals surface area contributed by atoms with Crippen LogP contribution < -0.4 is 0 Å². The number of hydrogen-bond donors (Lipinski definition) is 1. The molecule has 0 bridgehead atoms. The van der Waals surface area contributed by atoms with Gasteiger partial charge in [-0.15, -0.1) is 0 Å². The summed E-state index contributed by atoms with van der Waals surface area (Å²) in [5.74, 6) is 0.140. The van der Waals surface area contributed by atoms with E-state index in [1.54, 1.807) is 0 Å². The summed E-state index contributed by atoms with van der Waals surface area (Å²) in [6, 6.07) is 0. The maximum absolute atomic E-state index is 10.3. The van der Waals surface area contributed by atoms with Crippen LogP contribution in [0, 0.1) is 5.92 Å². The van der Waals surface area contributed by atoms with E-state index in [0.717, 1.165) is 25.4 Å². The lowest BCUT2D eigenvalue weighted by atomic mass is 9.85. The summed E-state index contributed by atoms with van der Waals surface area (Å²) in [5, 5.41) is 8.49. The minimum atomic E-state index is -0.705. The van der Waals surface area contributed by atoms with Gasteiger partial charge in [-0.2, -0.15) is 0 Å². The Kier molecular flexibility index (Phi) is 6.46. The Morgan fingerprint density at radius 2 is 2.19 bits per heavy atom. The van der Waals surface area contributed by atoms with E-state index in [1.807, 2.05) is 0 Å². The van der Waals surface area contributed by atoms with Gasteiger partial charge in [0.2, 0.25) is 0 Å². The van der Waals surface area contributed by atoms with Crippen molar-refractivity contribution in [2.45, 2.75) is 64.4 Å². The molecule has 2 atom stereocenters. The number of carboxylic acids is 1. The average Bonchev–Trinajstić information content (AvgIpc) is 2.28. The van der Waals surface area contributed by atoms with Gasteiger partial charge in [-0.05, 0) is 31.6 Å². The summed E-state index contributed by atoms with van der Waals surface area (Å²) in [6.45, 7) is 2.98. The fourth-order valence-corrected chi connectivity index (χ4v) is 2.39. The molecule has 0 aromatic carbocycles. The maximum Gasteiger partial charge on any atom is 0.303 e. The second-order valence-corrected chi connectivity index (χ2v) is 4.78. The first-order chi connectivity index (χ1) is 7.72. The quantitative estimate of drug-likeness (QED) is 0.680. The Hall–Kier alpha value is -0.570. The van der Waals surface area contributed by atoms with Gasteiger partial charge in [0.05, 0.1) is 6.10 Å². The van der Waals surface area contributed by atoms with E-state index >= 15 is 0 Å². The topological polar surface area (TPSA) is 46.5 Å². The van der Waals surface area contributed by atoms with Crippen LogP contribution in [0.25, 0.3) is 0 Å².